The molecule has 6 nitrogen and oxygen atoms in total. The zero-order chi connectivity index (χ0) is 16.9. The van der Waals surface area contributed by atoms with Gasteiger partial charge in [0, 0.05) is 5.39 Å². The van der Waals surface area contributed by atoms with Crippen LogP contribution in [0.25, 0.3) is 10.9 Å². The van der Waals surface area contributed by atoms with Crippen LogP contribution in [0.3, 0.4) is 0 Å². The highest BCUT2D eigenvalue weighted by Gasteiger charge is 2.29. The smallest absolute Gasteiger partial charge is 0.261 e. The van der Waals surface area contributed by atoms with E-state index in [1.54, 1.807) is 42.5 Å². The van der Waals surface area contributed by atoms with Gasteiger partial charge in [-0.25, -0.2) is 8.42 Å². The lowest BCUT2D eigenvalue weighted by Crippen LogP contribution is -2.27. The summed E-state index contributed by atoms with van der Waals surface area (Å²) >= 11 is 0. The quantitative estimate of drug-likeness (QED) is 0.709. The molecule has 0 bridgehead atoms. The molecule has 0 fully saturated rings. The molecule has 1 aromatic heterocycles. The van der Waals surface area contributed by atoms with Crippen LogP contribution in [0.1, 0.15) is 5.56 Å². The Balaban J connectivity index is 2.03. The molecule has 0 atom stereocenters. The molecule has 4 rings (SSSR count). The molecule has 0 radical (unpaired) electrons. The molecule has 0 amide bonds. The van der Waals surface area contributed by atoms with Gasteiger partial charge in [-0.2, -0.15) is 0 Å². The summed E-state index contributed by atoms with van der Waals surface area (Å²) in [6, 6.07) is 13.1. The predicted octanol–water partition coefficient (Wildman–Crippen LogP) is 2.14. The van der Waals surface area contributed by atoms with Crippen molar-refractivity contribution in [1.29, 1.82) is 0 Å². The zero-order valence-electron chi connectivity index (χ0n) is 12.4. The second-order valence-corrected chi connectivity index (χ2v) is 7.47. The number of aliphatic imine (C=N–C) groups is 1. The minimum Gasteiger partial charge on any atom is -0.506 e. The number of aromatic amines is 1. The number of rotatable bonds is 1. The Morgan fingerprint density at radius 2 is 1.75 bits per heavy atom. The highest BCUT2D eigenvalue weighted by atomic mass is 32.2. The number of sulfone groups is 1. The van der Waals surface area contributed by atoms with Gasteiger partial charge in [0.15, 0.2) is 9.84 Å². The standard InChI is InChI=1S/C17H12N2O4S/c20-16-10-5-1-2-6-11(10)19-17(21)15(16)13-9-24(22,23)14-8-4-3-7-12(14)18-13/h1-8H,9H2,(H2,19,20,21). The summed E-state index contributed by atoms with van der Waals surface area (Å²) in [7, 11) is -3.62. The van der Waals surface area contributed by atoms with Gasteiger partial charge >= 0.3 is 0 Å². The van der Waals surface area contributed by atoms with Gasteiger partial charge in [-0.3, -0.25) is 9.79 Å². The average Bonchev–Trinajstić information content (AvgIpc) is 2.54. The van der Waals surface area contributed by atoms with Gasteiger partial charge in [-0.1, -0.05) is 24.3 Å². The van der Waals surface area contributed by atoms with Gasteiger partial charge in [0.05, 0.1) is 27.6 Å². The van der Waals surface area contributed by atoms with Crippen molar-refractivity contribution in [2.75, 3.05) is 5.75 Å². The second kappa shape index (κ2) is 5.04. The van der Waals surface area contributed by atoms with Crippen LogP contribution in [0, 0.1) is 0 Å². The van der Waals surface area contributed by atoms with Crippen molar-refractivity contribution >= 4 is 32.1 Å². The predicted molar refractivity (Wildman–Crippen MR) is 90.9 cm³/mol. The Morgan fingerprint density at radius 1 is 1.04 bits per heavy atom. The van der Waals surface area contributed by atoms with Gasteiger partial charge < -0.3 is 10.1 Å². The van der Waals surface area contributed by atoms with Gasteiger partial charge in [-0.05, 0) is 24.3 Å². The Labute approximate surface area is 137 Å². The van der Waals surface area contributed by atoms with E-state index >= 15 is 0 Å². The maximum atomic E-state index is 12.5. The highest BCUT2D eigenvalue weighted by molar-refractivity contribution is 7.92. The Hall–Kier alpha value is -2.93. The molecule has 7 heteroatoms. The molecule has 1 aliphatic heterocycles. The van der Waals surface area contributed by atoms with E-state index in [1.807, 2.05) is 0 Å². The van der Waals surface area contributed by atoms with E-state index in [0.29, 0.717) is 10.9 Å². The van der Waals surface area contributed by atoms with E-state index in [1.165, 1.54) is 6.07 Å². The van der Waals surface area contributed by atoms with Crippen molar-refractivity contribution in [1.82, 2.24) is 4.98 Å². The molecular formula is C17H12N2O4S. The molecular weight excluding hydrogens is 328 g/mol. The van der Waals surface area contributed by atoms with Crippen molar-refractivity contribution in [3.8, 4) is 5.75 Å². The molecule has 0 saturated heterocycles. The van der Waals surface area contributed by atoms with E-state index in [0.717, 1.165) is 0 Å². The molecule has 0 spiro atoms. The fourth-order valence-electron chi connectivity index (χ4n) is 2.87. The van der Waals surface area contributed by atoms with Gasteiger partial charge in [-0.15, -0.1) is 0 Å². The van der Waals surface area contributed by atoms with Crippen molar-refractivity contribution in [3.63, 3.8) is 0 Å². The molecule has 2 aromatic carbocycles. The first-order chi connectivity index (χ1) is 11.5. The molecule has 1 aliphatic rings. The molecule has 2 N–H and O–H groups in total. The number of aromatic nitrogens is 1. The lowest BCUT2D eigenvalue weighted by atomic mass is 10.1. The number of nitrogens with zero attached hydrogens (tertiary/aromatic N) is 1. The number of para-hydroxylation sites is 2. The van der Waals surface area contributed by atoms with Gasteiger partial charge in [0.2, 0.25) is 0 Å². The van der Waals surface area contributed by atoms with Crippen LogP contribution in [0.5, 0.6) is 5.75 Å². The Bertz CT molecular complexity index is 1180. The first-order valence-electron chi connectivity index (χ1n) is 7.21. The number of hydrogen-bond donors (Lipinski definition) is 2. The number of pyridine rings is 1. The molecule has 2 heterocycles. The Kier molecular flexibility index (Phi) is 3.07. The fourth-order valence-corrected chi connectivity index (χ4v) is 4.31. The summed E-state index contributed by atoms with van der Waals surface area (Å²) in [5, 5.41) is 10.9. The number of benzene rings is 2. The van der Waals surface area contributed by atoms with E-state index in [-0.39, 0.29) is 27.6 Å². The average molecular weight is 340 g/mol. The maximum absolute atomic E-state index is 12.5. The van der Waals surface area contributed by atoms with E-state index in [9.17, 15) is 18.3 Å². The largest absolute Gasteiger partial charge is 0.506 e. The lowest BCUT2D eigenvalue weighted by Gasteiger charge is -2.16. The molecule has 0 aliphatic carbocycles. The topological polar surface area (TPSA) is 99.6 Å². The number of fused-ring (bicyclic) bond motifs is 2. The maximum Gasteiger partial charge on any atom is 0.261 e. The number of aromatic hydroxyl groups is 1. The van der Waals surface area contributed by atoms with E-state index in [4.69, 9.17) is 0 Å². The van der Waals surface area contributed by atoms with E-state index in [2.05, 4.69) is 9.98 Å². The van der Waals surface area contributed by atoms with Crippen molar-refractivity contribution in [3.05, 3.63) is 64.4 Å². The Morgan fingerprint density at radius 3 is 2.58 bits per heavy atom. The van der Waals surface area contributed by atoms with Crippen LogP contribution in [0.2, 0.25) is 0 Å². The van der Waals surface area contributed by atoms with Crippen LogP contribution in [0.4, 0.5) is 5.69 Å². The molecule has 0 saturated carbocycles. The van der Waals surface area contributed by atoms with Gasteiger partial charge in [0.25, 0.3) is 5.56 Å². The molecule has 3 aromatic rings. The van der Waals surface area contributed by atoms with Crippen molar-refractivity contribution in [2.45, 2.75) is 4.90 Å². The normalized spacial score (nSPS) is 15.8. The van der Waals surface area contributed by atoms with Crippen LogP contribution in [-0.2, 0) is 9.84 Å². The minimum atomic E-state index is -3.62. The lowest BCUT2D eigenvalue weighted by molar-refractivity contribution is 0.479. The SMILES string of the molecule is O=c1[nH]c2ccccc2c(O)c1C1=Nc2ccccc2S(=O)(=O)C1. The summed E-state index contributed by atoms with van der Waals surface area (Å²) in [4.78, 5) is 19.5. The van der Waals surface area contributed by atoms with Crippen LogP contribution < -0.4 is 5.56 Å². The third-order valence-electron chi connectivity index (χ3n) is 3.97. The van der Waals surface area contributed by atoms with Crippen LogP contribution in [0.15, 0.2) is 63.2 Å². The van der Waals surface area contributed by atoms with Gasteiger partial charge in [0.1, 0.15) is 11.3 Å². The summed E-state index contributed by atoms with van der Waals surface area (Å²) in [6.07, 6.45) is 0. The summed E-state index contributed by atoms with van der Waals surface area (Å²) in [6.45, 7) is 0. The third-order valence-corrected chi connectivity index (χ3v) is 5.63. The number of nitrogens with one attached hydrogen (secondary N) is 1. The minimum absolute atomic E-state index is 0.0400. The fraction of sp³-hybridized carbons (Fsp3) is 0.0588. The summed E-state index contributed by atoms with van der Waals surface area (Å²) in [5.41, 5.74) is 0.110. The monoisotopic (exact) mass is 340 g/mol. The first kappa shape index (κ1) is 14.6. The second-order valence-electron chi connectivity index (χ2n) is 5.51. The van der Waals surface area contributed by atoms with Crippen molar-refractivity contribution < 1.29 is 13.5 Å². The van der Waals surface area contributed by atoms with Crippen molar-refractivity contribution in [2.24, 2.45) is 4.99 Å². The van der Waals surface area contributed by atoms with E-state index < -0.39 is 21.1 Å². The van der Waals surface area contributed by atoms with Crippen LogP contribution in [-0.4, -0.2) is 30.0 Å². The zero-order valence-corrected chi connectivity index (χ0v) is 13.2. The number of H-pyrrole nitrogens is 1. The molecule has 24 heavy (non-hydrogen) atoms. The molecule has 120 valence electrons. The summed E-state index contributed by atoms with van der Waals surface area (Å²) in [5.74, 6) is -0.693. The summed E-state index contributed by atoms with van der Waals surface area (Å²) < 4.78 is 24.9. The third kappa shape index (κ3) is 2.13. The first-order valence-corrected chi connectivity index (χ1v) is 8.86. The molecule has 0 unspecified atom stereocenters. The number of hydrogen-bond acceptors (Lipinski definition) is 5. The highest BCUT2D eigenvalue weighted by Crippen LogP contribution is 2.33. The van der Waals surface area contributed by atoms with Crippen LogP contribution >= 0.6 is 0 Å².